The van der Waals surface area contributed by atoms with Gasteiger partial charge in [-0.15, -0.1) is 0 Å². The zero-order valence-corrected chi connectivity index (χ0v) is 9.46. The molecule has 4 nitrogen and oxygen atoms in total. The van der Waals surface area contributed by atoms with Crippen LogP contribution < -0.4 is 5.73 Å². The van der Waals surface area contributed by atoms with Crippen LogP contribution in [0.2, 0.25) is 5.54 Å². The van der Waals surface area contributed by atoms with Gasteiger partial charge in [-0.25, -0.2) is 0 Å². The summed E-state index contributed by atoms with van der Waals surface area (Å²) in [5.74, 6) is 0. The Morgan fingerprint density at radius 2 is 1.33 bits per heavy atom. The third-order valence-corrected chi connectivity index (χ3v) is 5.55. The second kappa shape index (κ2) is 4.93. The van der Waals surface area contributed by atoms with Crippen LogP contribution in [0.4, 0.5) is 0 Å². The van der Waals surface area contributed by atoms with Gasteiger partial charge in [0.05, 0.1) is 0 Å². The summed E-state index contributed by atoms with van der Waals surface area (Å²) in [7, 11) is 2.28. The second-order valence-corrected chi connectivity index (χ2v) is 6.21. The van der Waals surface area contributed by atoms with E-state index in [0.29, 0.717) is 0 Å². The minimum atomic E-state index is -2.51. The van der Waals surface area contributed by atoms with Gasteiger partial charge >= 0.3 is 8.80 Å². The molecule has 12 heavy (non-hydrogen) atoms. The van der Waals surface area contributed by atoms with Gasteiger partial charge in [0, 0.05) is 32.9 Å². The molecule has 0 heterocycles. The molecule has 0 aromatic heterocycles. The molecule has 2 unspecified atom stereocenters. The van der Waals surface area contributed by atoms with Gasteiger partial charge in [0.1, 0.15) is 0 Å². The molecule has 5 heteroatoms. The minimum Gasteiger partial charge on any atom is -0.377 e. The van der Waals surface area contributed by atoms with Crippen molar-refractivity contribution in [3.63, 3.8) is 0 Å². The van der Waals surface area contributed by atoms with Crippen molar-refractivity contribution >= 4 is 8.80 Å². The minimum absolute atomic E-state index is 0.0107. The Morgan fingerprint density at radius 1 is 1.00 bits per heavy atom. The molecular weight excluding hydrogens is 174 g/mol. The van der Waals surface area contributed by atoms with E-state index in [1.165, 1.54) is 0 Å². The molecule has 0 aliphatic carbocycles. The van der Waals surface area contributed by atoms with Crippen LogP contribution in [0.3, 0.4) is 0 Å². The maximum absolute atomic E-state index is 5.74. The zero-order chi connectivity index (χ0) is 9.78. The van der Waals surface area contributed by atoms with Crippen LogP contribution in [0.5, 0.6) is 0 Å². The van der Waals surface area contributed by atoms with Crippen molar-refractivity contribution in [1.29, 1.82) is 0 Å². The summed E-state index contributed by atoms with van der Waals surface area (Å²) in [5.41, 5.74) is 5.85. The molecule has 74 valence electrons. The second-order valence-electron chi connectivity index (χ2n) is 2.86. The van der Waals surface area contributed by atoms with Gasteiger partial charge in [-0.3, -0.25) is 0 Å². The third kappa shape index (κ3) is 2.27. The van der Waals surface area contributed by atoms with Gasteiger partial charge in [0.15, 0.2) is 0 Å². The lowest BCUT2D eigenvalue weighted by molar-refractivity contribution is 0.110. The molecule has 0 radical (unpaired) electrons. The largest absolute Gasteiger partial charge is 0.504 e. The Labute approximate surface area is 75.4 Å². The fraction of sp³-hybridized carbons (Fsp3) is 1.00. The van der Waals surface area contributed by atoms with Crippen LogP contribution in [0.15, 0.2) is 0 Å². The molecule has 0 bridgehead atoms. The van der Waals surface area contributed by atoms with Crippen molar-refractivity contribution in [2.24, 2.45) is 5.73 Å². The smallest absolute Gasteiger partial charge is 0.377 e. The quantitative estimate of drug-likeness (QED) is 0.650. The van der Waals surface area contributed by atoms with Gasteiger partial charge in [-0.2, -0.15) is 0 Å². The highest BCUT2D eigenvalue weighted by atomic mass is 28.4. The number of hydrogen-bond donors (Lipinski definition) is 1. The maximum Gasteiger partial charge on any atom is 0.504 e. The van der Waals surface area contributed by atoms with E-state index in [1.54, 1.807) is 21.3 Å². The van der Waals surface area contributed by atoms with E-state index in [4.69, 9.17) is 19.0 Å². The predicted molar refractivity (Wildman–Crippen MR) is 49.9 cm³/mol. The van der Waals surface area contributed by atoms with Crippen molar-refractivity contribution in [1.82, 2.24) is 0 Å². The summed E-state index contributed by atoms with van der Waals surface area (Å²) in [4.78, 5) is 0. The number of hydrogen-bond acceptors (Lipinski definition) is 4. The fourth-order valence-electron chi connectivity index (χ4n) is 1.13. The van der Waals surface area contributed by atoms with E-state index >= 15 is 0 Å². The van der Waals surface area contributed by atoms with E-state index in [0.717, 1.165) is 0 Å². The summed E-state index contributed by atoms with van der Waals surface area (Å²) in [6.45, 7) is 3.90. The molecule has 0 aliphatic rings. The van der Waals surface area contributed by atoms with Crippen molar-refractivity contribution in [3.8, 4) is 0 Å². The number of rotatable bonds is 5. The molecule has 0 rings (SSSR count). The molecule has 2 atom stereocenters. The SMILES string of the molecule is CO[Si](OC)(OC)C(C)C(C)N. The Bertz CT molecular complexity index is 120. The highest BCUT2D eigenvalue weighted by Gasteiger charge is 2.46. The van der Waals surface area contributed by atoms with Gasteiger partial charge in [0.25, 0.3) is 0 Å². The molecule has 0 aromatic carbocycles. The Balaban J connectivity index is 4.46. The molecule has 0 saturated heterocycles. The standard InChI is InChI=1S/C7H19NO3Si/c1-6(8)7(2)12(9-3,10-4)11-5/h6-7H,8H2,1-5H3. The summed E-state index contributed by atoms with van der Waals surface area (Å²) in [6, 6.07) is 0.0107. The van der Waals surface area contributed by atoms with Crippen LogP contribution in [-0.4, -0.2) is 36.2 Å². The van der Waals surface area contributed by atoms with E-state index in [2.05, 4.69) is 0 Å². The first-order valence-corrected chi connectivity index (χ1v) is 5.75. The Kier molecular flexibility index (Phi) is 4.96. The third-order valence-electron chi connectivity index (χ3n) is 2.20. The predicted octanol–water partition coefficient (Wildman–Crippen LogP) is 0.602. The van der Waals surface area contributed by atoms with Gasteiger partial charge < -0.3 is 19.0 Å². The van der Waals surface area contributed by atoms with Crippen LogP contribution in [0, 0.1) is 0 Å². The Hall–Kier alpha value is 0.0569. The van der Waals surface area contributed by atoms with Gasteiger partial charge in [-0.1, -0.05) is 6.92 Å². The summed E-state index contributed by atoms with van der Waals surface area (Å²) in [5, 5.41) is 0. The number of nitrogens with two attached hydrogens (primary N) is 1. The maximum atomic E-state index is 5.74. The summed E-state index contributed by atoms with van der Waals surface area (Å²) in [6.07, 6.45) is 0. The Morgan fingerprint density at radius 3 is 1.42 bits per heavy atom. The highest BCUT2D eigenvalue weighted by Crippen LogP contribution is 2.25. The average Bonchev–Trinajstić information content (AvgIpc) is 2.08. The summed E-state index contributed by atoms with van der Waals surface area (Å²) >= 11 is 0. The normalized spacial score (nSPS) is 17.5. The molecule has 0 aliphatic heterocycles. The molecule has 0 spiro atoms. The molecule has 0 fully saturated rings. The van der Waals surface area contributed by atoms with Gasteiger partial charge in [0.2, 0.25) is 0 Å². The zero-order valence-electron chi connectivity index (χ0n) is 8.46. The molecule has 0 saturated carbocycles. The van der Waals surface area contributed by atoms with Crippen molar-refractivity contribution in [2.75, 3.05) is 21.3 Å². The van der Waals surface area contributed by atoms with Crippen LogP contribution >= 0.6 is 0 Å². The van der Waals surface area contributed by atoms with Crippen molar-refractivity contribution in [3.05, 3.63) is 0 Å². The van der Waals surface area contributed by atoms with E-state index in [1.807, 2.05) is 13.8 Å². The molecule has 2 N–H and O–H groups in total. The van der Waals surface area contributed by atoms with Crippen LogP contribution in [-0.2, 0) is 13.3 Å². The van der Waals surface area contributed by atoms with Gasteiger partial charge in [-0.05, 0) is 6.92 Å². The first-order chi connectivity index (χ1) is 5.54. The molecule has 0 amide bonds. The van der Waals surface area contributed by atoms with Crippen molar-refractivity contribution < 1.29 is 13.3 Å². The van der Waals surface area contributed by atoms with E-state index in [-0.39, 0.29) is 11.6 Å². The van der Waals surface area contributed by atoms with E-state index < -0.39 is 8.80 Å². The summed E-state index contributed by atoms with van der Waals surface area (Å²) < 4.78 is 15.8. The van der Waals surface area contributed by atoms with Crippen LogP contribution in [0.25, 0.3) is 0 Å². The highest BCUT2D eigenvalue weighted by molar-refractivity contribution is 6.62. The first kappa shape index (κ1) is 12.1. The van der Waals surface area contributed by atoms with Crippen LogP contribution in [0.1, 0.15) is 13.8 Å². The molecule has 0 aromatic rings. The topological polar surface area (TPSA) is 53.7 Å². The lowest BCUT2D eigenvalue weighted by Gasteiger charge is -2.32. The lowest BCUT2D eigenvalue weighted by atomic mass is 10.3. The van der Waals surface area contributed by atoms with Crippen molar-refractivity contribution in [2.45, 2.75) is 25.4 Å². The monoisotopic (exact) mass is 193 g/mol. The molecular formula is C7H19NO3Si. The lowest BCUT2D eigenvalue weighted by Crippen LogP contribution is -2.51. The van der Waals surface area contributed by atoms with E-state index in [9.17, 15) is 0 Å². The fourth-order valence-corrected chi connectivity index (χ4v) is 3.39. The average molecular weight is 193 g/mol. The first-order valence-electron chi connectivity index (χ1n) is 3.95.